The second kappa shape index (κ2) is 4.24. The van der Waals surface area contributed by atoms with Crippen LogP contribution in [0.25, 0.3) is 11.2 Å². The number of pyridine rings is 1. The van der Waals surface area contributed by atoms with Crippen LogP contribution in [0.5, 0.6) is 0 Å². The maximum Gasteiger partial charge on any atom is 0.202 e. The van der Waals surface area contributed by atoms with Gasteiger partial charge in [-0.1, -0.05) is 0 Å². The standard InChI is InChI=1S/C13H19N5/c1-9-3-5-15-12-11(9)16-13(14)18(12)8-10-4-6-17(2)7-10/h3,5,10H,4,6-8H2,1-2H3,(H2,14,16). The summed E-state index contributed by atoms with van der Waals surface area (Å²) in [6.45, 7) is 5.27. The summed E-state index contributed by atoms with van der Waals surface area (Å²) in [6, 6.07) is 1.97. The number of rotatable bonds is 2. The van der Waals surface area contributed by atoms with Crippen LogP contribution in [0.15, 0.2) is 12.3 Å². The maximum absolute atomic E-state index is 6.03. The molecule has 3 heterocycles. The molecule has 1 unspecified atom stereocenters. The number of imidazole rings is 1. The van der Waals surface area contributed by atoms with Crippen molar-refractivity contribution < 1.29 is 0 Å². The highest BCUT2D eigenvalue weighted by Gasteiger charge is 2.22. The van der Waals surface area contributed by atoms with Crippen molar-refractivity contribution in [3.63, 3.8) is 0 Å². The van der Waals surface area contributed by atoms with Crippen LogP contribution in [0.3, 0.4) is 0 Å². The van der Waals surface area contributed by atoms with Crippen LogP contribution >= 0.6 is 0 Å². The van der Waals surface area contributed by atoms with Gasteiger partial charge in [-0.25, -0.2) is 9.97 Å². The Bertz CT molecular complexity index is 574. The Balaban J connectivity index is 1.96. The molecule has 5 nitrogen and oxygen atoms in total. The van der Waals surface area contributed by atoms with Crippen LogP contribution in [0, 0.1) is 12.8 Å². The highest BCUT2D eigenvalue weighted by Crippen LogP contribution is 2.23. The van der Waals surface area contributed by atoms with Gasteiger partial charge in [0.15, 0.2) is 5.65 Å². The van der Waals surface area contributed by atoms with E-state index in [2.05, 4.69) is 26.5 Å². The normalized spacial score (nSPS) is 20.9. The quantitative estimate of drug-likeness (QED) is 0.865. The number of nitrogens with zero attached hydrogens (tertiary/aromatic N) is 4. The van der Waals surface area contributed by atoms with Crippen molar-refractivity contribution in [3.8, 4) is 0 Å². The molecule has 1 aliphatic heterocycles. The van der Waals surface area contributed by atoms with E-state index in [1.165, 1.54) is 13.0 Å². The first-order valence-electron chi connectivity index (χ1n) is 6.41. The van der Waals surface area contributed by atoms with Gasteiger partial charge in [0.25, 0.3) is 0 Å². The van der Waals surface area contributed by atoms with Crippen molar-refractivity contribution in [3.05, 3.63) is 17.8 Å². The number of aryl methyl sites for hydroxylation is 1. The summed E-state index contributed by atoms with van der Waals surface area (Å²) < 4.78 is 2.06. The third kappa shape index (κ3) is 1.84. The minimum absolute atomic E-state index is 0.585. The van der Waals surface area contributed by atoms with Gasteiger partial charge in [-0.3, -0.25) is 4.57 Å². The van der Waals surface area contributed by atoms with E-state index in [1.807, 2.05) is 19.2 Å². The monoisotopic (exact) mass is 245 g/mol. The van der Waals surface area contributed by atoms with Gasteiger partial charge < -0.3 is 10.6 Å². The Morgan fingerprint density at radius 3 is 3.06 bits per heavy atom. The van der Waals surface area contributed by atoms with Crippen LogP contribution in [0.2, 0.25) is 0 Å². The molecule has 0 saturated carbocycles. The Labute approximate surface area is 107 Å². The highest BCUT2D eigenvalue weighted by molar-refractivity contribution is 5.77. The lowest BCUT2D eigenvalue weighted by Gasteiger charge is -2.12. The molecule has 0 aromatic carbocycles. The zero-order chi connectivity index (χ0) is 12.7. The molecule has 0 spiro atoms. The first-order chi connectivity index (χ1) is 8.65. The van der Waals surface area contributed by atoms with Crippen LogP contribution in [0.4, 0.5) is 5.95 Å². The molecule has 1 aliphatic rings. The summed E-state index contributed by atoms with van der Waals surface area (Å²) in [6.07, 6.45) is 3.05. The van der Waals surface area contributed by atoms with Gasteiger partial charge in [0, 0.05) is 19.3 Å². The fourth-order valence-corrected chi connectivity index (χ4v) is 2.77. The summed E-state index contributed by atoms with van der Waals surface area (Å²) in [4.78, 5) is 11.2. The Hall–Kier alpha value is -1.62. The van der Waals surface area contributed by atoms with E-state index < -0.39 is 0 Å². The van der Waals surface area contributed by atoms with Crippen molar-refractivity contribution in [2.24, 2.45) is 5.92 Å². The molecular weight excluding hydrogens is 226 g/mol. The Morgan fingerprint density at radius 2 is 2.33 bits per heavy atom. The number of likely N-dealkylation sites (tertiary alicyclic amines) is 1. The van der Waals surface area contributed by atoms with E-state index in [9.17, 15) is 0 Å². The lowest BCUT2D eigenvalue weighted by molar-refractivity contribution is 0.380. The molecule has 0 amide bonds. The van der Waals surface area contributed by atoms with Crippen LogP contribution < -0.4 is 5.73 Å². The minimum atomic E-state index is 0.585. The molecule has 1 atom stereocenters. The maximum atomic E-state index is 6.03. The molecule has 3 rings (SSSR count). The van der Waals surface area contributed by atoms with Crippen molar-refractivity contribution in [2.75, 3.05) is 25.9 Å². The summed E-state index contributed by atoms with van der Waals surface area (Å²) in [7, 11) is 2.16. The Morgan fingerprint density at radius 1 is 1.50 bits per heavy atom. The van der Waals surface area contributed by atoms with Gasteiger partial charge in [0.2, 0.25) is 5.95 Å². The number of nitrogen functional groups attached to an aromatic ring is 1. The highest BCUT2D eigenvalue weighted by atomic mass is 15.2. The van der Waals surface area contributed by atoms with E-state index in [0.29, 0.717) is 11.9 Å². The predicted molar refractivity (Wildman–Crippen MR) is 72.3 cm³/mol. The zero-order valence-electron chi connectivity index (χ0n) is 10.9. The van der Waals surface area contributed by atoms with Crippen LogP contribution in [-0.2, 0) is 6.54 Å². The third-order valence-corrected chi connectivity index (χ3v) is 3.79. The van der Waals surface area contributed by atoms with Crippen LogP contribution in [-0.4, -0.2) is 39.6 Å². The largest absolute Gasteiger partial charge is 0.369 e. The van der Waals surface area contributed by atoms with Crippen molar-refractivity contribution >= 4 is 17.1 Å². The first kappa shape index (κ1) is 11.5. The van der Waals surface area contributed by atoms with Gasteiger partial charge in [-0.05, 0) is 44.5 Å². The van der Waals surface area contributed by atoms with E-state index >= 15 is 0 Å². The summed E-state index contributed by atoms with van der Waals surface area (Å²) >= 11 is 0. The van der Waals surface area contributed by atoms with E-state index in [4.69, 9.17) is 5.73 Å². The van der Waals surface area contributed by atoms with Crippen molar-refractivity contribution in [2.45, 2.75) is 19.9 Å². The number of aromatic nitrogens is 3. The predicted octanol–water partition coefficient (Wildman–Crippen LogP) is 1.27. The molecule has 1 fully saturated rings. The third-order valence-electron chi connectivity index (χ3n) is 3.79. The average molecular weight is 245 g/mol. The summed E-state index contributed by atoms with van der Waals surface area (Å²) in [5, 5.41) is 0. The lowest BCUT2D eigenvalue weighted by atomic mass is 10.1. The summed E-state index contributed by atoms with van der Waals surface area (Å²) in [5.41, 5.74) is 9.02. The fourth-order valence-electron chi connectivity index (χ4n) is 2.77. The Kier molecular flexibility index (Phi) is 2.70. The molecule has 0 radical (unpaired) electrons. The average Bonchev–Trinajstić information content (AvgIpc) is 2.87. The molecule has 2 aromatic rings. The number of nitrogens with two attached hydrogens (primary N) is 1. The van der Waals surface area contributed by atoms with Gasteiger partial charge in [0.05, 0.1) is 0 Å². The molecule has 5 heteroatoms. The molecule has 96 valence electrons. The smallest absolute Gasteiger partial charge is 0.202 e. The topological polar surface area (TPSA) is 60.0 Å². The van der Waals surface area contributed by atoms with Crippen LogP contribution in [0.1, 0.15) is 12.0 Å². The molecule has 2 aromatic heterocycles. The SMILES string of the molecule is Cc1ccnc2c1nc(N)n2CC1CCN(C)C1. The number of hydrogen-bond donors (Lipinski definition) is 1. The van der Waals surface area contributed by atoms with Gasteiger partial charge in [-0.2, -0.15) is 0 Å². The minimum Gasteiger partial charge on any atom is -0.369 e. The molecular formula is C13H19N5. The fraction of sp³-hybridized carbons (Fsp3) is 0.538. The first-order valence-corrected chi connectivity index (χ1v) is 6.41. The molecule has 1 saturated heterocycles. The van der Waals surface area contributed by atoms with Crippen molar-refractivity contribution in [1.29, 1.82) is 0 Å². The van der Waals surface area contributed by atoms with Crippen molar-refractivity contribution in [1.82, 2.24) is 19.4 Å². The van der Waals surface area contributed by atoms with E-state index in [-0.39, 0.29) is 0 Å². The second-order valence-electron chi connectivity index (χ2n) is 5.30. The zero-order valence-corrected chi connectivity index (χ0v) is 10.9. The number of anilines is 1. The van der Waals surface area contributed by atoms with Gasteiger partial charge in [-0.15, -0.1) is 0 Å². The van der Waals surface area contributed by atoms with Gasteiger partial charge in [0.1, 0.15) is 5.52 Å². The second-order valence-corrected chi connectivity index (χ2v) is 5.30. The molecule has 0 aliphatic carbocycles. The number of hydrogen-bond acceptors (Lipinski definition) is 4. The molecule has 18 heavy (non-hydrogen) atoms. The molecule has 2 N–H and O–H groups in total. The molecule has 0 bridgehead atoms. The lowest BCUT2D eigenvalue weighted by Crippen LogP contribution is -2.18. The van der Waals surface area contributed by atoms with E-state index in [1.54, 1.807) is 0 Å². The number of fused-ring (bicyclic) bond motifs is 1. The summed E-state index contributed by atoms with van der Waals surface area (Å²) in [5.74, 6) is 1.23. The van der Waals surface area contributed by atoms with Gasteiger partial charge >= 0.3 is 0 Å². The van der Waals surface area contributed by atoms with E-state index in [0.717, 1.165) is 29.8 Å².